The number of hydrogen-bond donors (Lipinski definition) is 0. The van der Waals surface area contributed by atoms with Gasteiger partial charge in [-0.05, 0) is 104 Å². The van der Waals surface area contributed by atoms with Gasteiger partial charge in [-0.15, -0.1) is 0 Å². The Morgan fingerprint density at radius 2 is 1.48 bits per heavy atom. The molecule has 2 nitrogen and oxygen atoms in total. The lowest BCUT2D eigenvalue weighted by atomic mass is 9.65. The van der Waals surface area contributed by atoms with E-state index in [1.54, 1.807) is 0 Å². The molecule has 5 aliphatic rings. The molecule has 5 fully saturated rings. The maximum Gasteiger partial charge on any atom is 0.203 e. The molecule has 1 aromatic rings. The quantitative estimate of drug-likeness (QED) is 0.389. The van der Waals surface area contributed by atoms with Crippen LogP contribution in [-0.2, 0) is 4.74 Å². The summed E-state index contributed by atoms with van der Waals surface area (Å²) in [4.78, 5) is 0. The predicted octanol–water partition coefficient (Wildman–Crippen LogP) is 8.35. The number of benzene rings is 1. The van der Waals surface area contributed by atoms with Crippen molar-refractivity contribution in [3.05, 3.63) is 29.8 Å². The summed E-state index contributed by atoms with van der Waals surface area (Å²) >= 11 is 0. The first-order chi connectivity index (χ1) is 16.2. The summed E-state index contributed by atoms with van der Waals surface area (Å²) in [5.74, 6) is 7.68. The fourth-order valence-corrected chi connectivity index (χ4v) is 9.12. The Kier molecular flexibility index (Phi) is 6.50. The first kappa shape index (κ1) is 22.4. The fraction of sp³-hybridized carbons (Fsp3) is 0.806. The molecule has 0 saturated heterocycles. The van der Waals surface area contributed by atoms with E-state index in [1.165, 1.54) is 89.0 Å². The van der Waals surface area contributed by atoms with Gasteiger partial charge < -0.3 is 9.47 Å². The fourth-order valence-electron chi connectivity index (χ4n) is 9.12. The van der Waals surface area contributed by atoms with Gasteiger partial charge in [0.05, 0.1) is 6.10 Å². The average molecular weight is 451 g/mol. The molecule has 0 spiro atoms. The summed E-state index contributed by atoms with van der Waals surface area (Å²) in [6.45, 7) is 4.59. The van der Waals surface area contributed by atoms with E-state index in [0.717, 1.165) is 41.3 Å². The summed E-state index contributed by atoms with van der Waals surface area (Å²) < 4.78 is 14.0. The van der Waals surface area contributed by atoms with Crippen LogP contribution >= 0.6 is 0 Å². The highest BCUT2D eigenvalue weighted by Gasteiger charge is 2.55. The molecule has 6 rings (SSSR count). The van der Waals surface area contributed by atoms with Crippen molar-refractivity contribution in [1.29, 1.82) is 0 Å². The van der Waals surface area contributed by atoms with E-state index in [-0.39, 0.29) is 6.29 Å². The van der Waals surface area contributed by atoms with E-state index in [4.69, 9.17) is 9.47 Å². The maximum atomic E-state index is 7.12. The first-order valence-corrected chi connectivity index (χ1v) is 14.6. The van der Waals surface area contributed by atoms with Crippen LogP contribution in [0.15, 0.2) is 24.3 Å². The lowest BCUT2D eigenvalue weighted by Gasteiger charge is -2.45. The Morgan fingerprint density at radius 3 is 2.33 bits per heavy atom. The van der Waals surface area contributed by atoms with E-state index < -0.39 is 0 Å². The van der Waals surface area contributed by atoms with Crippen molar-refractivity contribution < 1.29 is 9.47 Å². The van der Waals surface area contributed by atoms with Gasteiger partial charge in [0.25, 0.3) is 0 Å². The van der Waals surface area contributed by atoms with Gasteiger partial charge >= 0.3 is 0 Å². The lowest BCUT2D eigenvalue weighted by molar-refractivity contribution is -0.189. The minimum absolute atomic E-state index is 0.0467. The zero-order chi connectivity index (χ0) is 22.4. The molecule has 0 aromatic heterocycles. The molecule has 0 amide bonds. The second-order valence-corrected chi connectivity index (χ2v) is 12.5. The van der Waals surface area contributed by atoms with Gasteiger partial charge in [-0.2, -0.15) is 0 Å². The Bertz CT molecular complexity index is 785. The summed E-state index contributed by atoms with van der Waals surface area (Å²) in [5, 5.41) is 0. The molecule has 0 heterocycles. The summed E-state index contributed by atoms with van der Waals surface area (Å²) in [6, 6.07) is 9.00. The van der Waals surface area contributed by atoms with Crippen molar-refractivity contribution in [2.75, 3.05) is 0 Å². The molecule has 0 radical (unpaired) electrons. The molecule has 2 bridgehead atoms. The van der Waals surface area contributed by atoms with E-state index in [0.29, 0.717) is 17.9 Å². The highest BCUT2D eigenvalue weighted by atomic mass is 16.7. The Morgan fingerprint density at radius 1 is 0.758 bits per heavy atom. The van der Waals surface area contributed by atoms with Crippen LogP contribution in [0.2, 0.25) is 0 Å². The van der Waals surface area contributed by atoms with Crippen molar-refractivity contribution in [1.82, 2.24) is 0 Å². The second kappa shape index (κ2) is 9.56. The third kappa shape index (κ3) is 4.28. The molecule has 1 aromatic carbocycles. The van der Waals surface area contributed by atoms with E-state index in [2.05, 4.69) is 38.1 Å². The van der Waals surface area contributed by atoms with Gasteiger partial charge in [0.2, 0.25) is 6.29 Å². The van der Waals surface area contributed by atoms with Crippen LogP contribution < -0.4 is 4.74 Å². The largest absolute Gasteiger partial charge is 0.465 e. The maximum absolute atomic E-state index is 7.12. The number of rotatable bonds is 7. The molecule has 182 valence electrons. The highest BCUT2D eigenvalue weighted by Crippen LogP contribution is 2.60. The van der Waals surface area contributed by atoms with Gasteiger partial charge in [0.15, 0.2) is 0 Å². The smallest absolute Gasteiger partial charge is 0.203 e. The topological polar surface area (TPSA) is 18.5 Å². The zero-order valence-electron chi connectivity index (χ0n) is 21.1. The van der Waals surface area contributed by atoms with Gasteiger partial charge in [0.1, 0.15) is 5.75 Å². The number of ether oxygens (including phenoxy) is 2. The van der Waals surface area contributed by atoms with Crippen molar-refractivity contribution in [3.8, 4) is 5.75 Å². The van der Waals surface area contributed by atoms with E-state index in [1.807, 2.05) is 0 Å². The van der Waals surface area contributed by atoms with Gasteiger partial charge in [-0.3, -0.25) is 0 Å². The van der Waals surface area contributed by atoms with Gasteiger partial charge in [-0.25, -0.2) is 0 Å². The second-order valence-electron chi connectivity index (χ2n) is 12.5. The minimum atomic E-state index is -0.0467. The SMILES string of the molecule is CCC(C)c1ccc(OC(OC2CC3CC2C2CCCC32)C2CCCC3CCCCC32)cc1. The van der Waals surface area contributed by atoms with Crippen molar-refractivity contribution >= 4 is 0 Å². The van der Waals surface area contributed by atoms with Crippen LogP contribution in [0.4, 0.5) is 0 Å². The van der Waals surface area contributed by atoms with Crippen molar-refractivity contribution in [3.63, 3.8) is 0 Å². The van der Waals surface area contributed by atoms with Crippen molar-refractivity contribution in [2.24, 2.45) is 41.4 Å². The molecule has 33 heavy (non-hydrogen) atoms. The molecule has 0 N–H and O–H groups in total. The minimum Gasteiger partial charge on any atom is -0.465 e. The zero-order valence-corrected chi connectivity index (χ0v) is 21.1. The lowest BCUT2D eigenvalue weighted by Crippen LogP contribution is -2.45. The predicted molar refractivity (Wildman–Crippen MR) is 134 cm³/mol. The van der Waals surface area contributed by atoms with Crippen LogP contribution in [0.25, 0.3) is 0 Å². The molecule has 5 saturated carbocycles. The molecule has 0 aliphatic heterocycles. The standard InChI is InChI=1S/C31H46O2/c1-3-20(2)21-14-16-24(17-15-21)32-31(28-13-6-9-22-8-4-5-10-25(22)28)33-30-19-23-18-29(30)27-12-7-11-26(23)27/h14-17,20,22-23,25-31H,3-13,18-19H2,1-2H3. The van der Waals surface area contributed by atoms with Gasteiger partial charge in [0, 0.05) is 5.92 Å². The van der Waals surface area contributed by atoms with Crippen LogP contribution in [0.3, 0.4) is 0 Å². The number of fused-ring (bicyclic) bond motifs is 6. The molecular formula is C31H46O2. The Labute approximate surface area is 202 Å². The Balaban J connectivity index is 1.22. The van der Waals surface area contributed by atoms with Crippen LogP contribution in [0, 0.1) is 41.4 Å². The molecule has 10 atom stereocenters. The first-order valence-electron chi connectivity index (χ1n) is 14.6. The number of hydrogen-bond acceptors (Lipinski definition) is 2. The highest BCUT2D eigenvalue weighted by molar-refractivity contribution is 5.29. The third-order valence-electron chi connectivity index (χ3n) is 11.0. The van der Waals surface area contributed by atoms with Gasteiger partial charge in [-0.1, -0.05) is 64.5 Å². The van der Waals surface area contributed by atoms with Crippen LogP contribution in [-0.4, -0.2) is 12.4 Å². The molecule has 5 aliphatic carbocycles. The molecule has 2 heteroatoms. The monoisotopic (exact) mass is 450 g/mol. The summed E-state index contributed by atoms with van der Waals surface area (Å²) in [5.41, 5.74) is 1.42. The normalized spacial score (nSPS) is 41.4. The van der Waals surface area contributed by atoms with Crippen LogP contribution in [0.5, 0.6) is 5.75 Å². The van der Waals surface area contributed by atoms with E-state index >= 15 is 0 Å². The molecular weight excluding hydrogens is 404 g/mol. The Hall–Kier alpha value is -1.02. The average Bonchev–Trinajstić information content (AvgIpc) is 3.57. The summed E-state index contributed by atoms with van der Waals surface area (Å²) in [6.07, 6.45) is 18.5. The van der Waals surface area contributed by atoms with E-state index in [9.17, 15) is 0 Å². The third-order valence-corrected chi connectivity index (χ3v) is 11.0. The van der Waals surface area contributed by atoms with Crippen molar-refractivity contribution in [2.45, 2.75) is 116 Å². The summed E-state index contributed by atoms with van der Waals surface area (Å²) in [7, 11) is 0. The van der Waals surface area contributed by atoms with Crippen LogP contribution in [0.1, 0.15) is 109 Å². The molecule has 10 unspecified atom stereocenters.